The van der Waals surface area contributed by atoms with E-state index in [-0.39, 0.29) is 11.7 Å². The van der Waals surface area contributed by atoms with Gasteiger partial charge in [0.2, 0.25) is 0 Å². The SMILES string of the molecule is N#Cc1ccc(-c2cc(CC3CNCCO3)ccc2N2CCN3NC(C4CC4)C=C3C2)cc1F. The van der Waals surface area contributed by atoms with Crippen LogP contribution in [0.25, 0.3) is 11.1 Å². The third kappa shape index (κ3) is 4.29. The number of nitriles is 1. The van der Waals surface area contributed by atoms with Crippen molar-refractivity contribution in [1.29, 1.82) is 5.26 Å². The van der Waals surface area contributed by atoms with Gasteiger partial charge in [-0.15, -0.1) is 0 Å². The first-order valence-electron chi connectivity index (χ1n) is 12.3. The van der Waals surface area contributed by atoms with Crippen LogP contribution in [0.3, 0.4) is 0 Å². The van der Waals surface area contributed by atoms with Gasteiger partial charge in [0.05, 0.1) is 31.4 Å². The lowest BCUT2D eigenvalue weighted by molar-refractivity contribution is 0.0292. The Balaban J connectivity index is 1.32. The highest BCUT2D eigenvalue weighted by molar-refractivity contribution is 5.80. The van der Waals surface area contributed by atoms with Crippen molar-refractivity contribution in [3.63, 3.8) is 0 Å². The Hall–Kier alpha value is -2.92. The highest BCUT2D eigenvalue weighted by atomic mass is 19.1. The van der Waals surface area contributed by atoms with E-state index in [0.29, 0.717) is 6.04 Å². The van der Waals surface area contributed by atoms with E-state index in [1.807, 2.05) is 12.1 Å². The number of hydrogen-bond acceptors (Lipinski definition) is 6. The van der Waals surface area contributed by atoms with Crippen molar-refractivity contribution in [2.45, 2.75) is 31.4 Å². The minimum atomic E-state index is -0.476. The van der Waals surface area contributed by atoms with Crippen LogP contribution in [0.5, 0.6) is 0 Å². The molecule has 0 amide bonds. The fourth-order valence-electron chi connectivity index (χ4n) is 5.35. The molecule has 6 nitrogen and oxygen atoms in total. The zero-order valence-electron chi connectivity index (χ0n) is 19.3. The number of nitrogens with zero attached hydrogens (tertiary/aromatic N) is 3. The van der Waals surface area contributed by atoms with Gasteiger partial charge in [-0.25, -0.2) is 9.82 Å². The standard InChI is InChI=1S/C27H30FN5O/c28-25-13-20(4-5-21(25)15-29)24-12-18(11-23-16-30-7-10-34-23)1-6-27(24)32-8-9-33-22(17-32)14-26(31-33)19-2-3-19/h1,4-6,12-14,19,23,26,30-31H,2-3,7-11,16-17H2. The molecule has 1 saturated carbocycles. The molecule has 4 aliphatic rings. The number of nitrogens with one attached hydrogen (secondary N) is 2. The van der Waals surface area contributed by atoms with Crippen molar-refractivity contribution in [2.24, 2.45) is 5.92 Å². The average Bonchev–Trinajstić information content (AvgIpc) is 3.63. The first kappa shape index (κ1) is 21.6. The summed E-state index contributed by atoms with van der Waals surface area (Å²) in [7, 11) is 0. The molecule has 3 heterocycles. The van der Waals surface area contributed by atoms with Crippen LogP contribution in [-0.4, -0.2) is 56.5 Å². The van der Waals surface area contributed by atoms with Crippen LogP contribution in [-0.2, 0) is 11.2 Å². The molecule has 0 radical (unpaired) electrons. The van der Waals surface area contributed by atoms with E-state index in [4.69, 9.17) is 4.74 Å². The van der Waals surface area contributed by atoms with Crippen molar-refractivity contribution in [3.05, 3.63) is 65.1 Å². The zero-order valence-corrected chi connectivity index (χ0v) is 19.3. The number of ether oxygens (including phenoxy) is 1. The molecule has 1 aliphatic carbocycles. The normalized spacial score (nSPS) is 24.5. The summed E-state index contributed by atoms with van der Waals surface area (Å²) in [5.41, 5.74) is 9.14. The Morgan fingerprint density at radius 3 is 2.82 bits per heavy atom. The van der Waals surface area contributed by atoms with Gasteiger partial charge < -0.3 is 20.0 Å². The summed E-state index contributed by atoms with van der Waals surface area (Å²) < 4.78 is 20.5. The van der Waals surface area contributed by atoms with Gasteiger partial charge in [-0.05, 0) is 66.6 Å². The van der Waals surface area contributed by atoms with Gasteiger partial charge in [0, 0.05) is 42.6 Å². The smallest absolute Gasteiger partial charge is 0.141 e. The molecule has 7 heteroatoms. The number of fused-ring (bicyclic) bond motifs is 1. The fraction of sp³-hybridized carbons (Fsp3) is 0.444. The highest BCUT2D eigenvalue weighted by Crippen LogP contribution is 2.39. The maximum Gasteiger partial charge on any atom is 0.141 e. The topological polar surface area (TPSA) is 63.6 Å². The number of hydrazine groups is 1. The predicted molar refractivity (Wildman–Crippen MR) is 130 cm³/mol. The monoisotopic (exact) mass is 459 g/mol. The molecule has 2 aromatic rings. The van der Waals surface area contributed by atoms with Gasteiger partial charge in [-0.2, -0.15) is 5.26 Å². The molecule has 2 saturated heterocycles. The Labute approximate surface area is 200 Å². The lowest BCUT2D eigenvalue weighted by Crippen LogP contribution is -2.49. The van der Waals surface area contributed by atoms with E-state index in [2.05, 4.69) is 44.9 Å². The second kappa shape index (κ2) is 9.03. The fourth-order valence-corrected chi connectivity index (χ4v) is 5.35. The van der Waals surface area contributed by atoms with Crippen LogP contribution < -0.4 is 15.6 Å². The molecule has 3 aliphatic heterocycles. The van der Waals surface area contributed by atoms with Crippen LogP contribution in [0.4, 0.5) is 10.1 Å². The van der Waals surface area contributed by atoms with Crippen molar-refractivity contribution < 1.29 is 9.13 Å². The molecule has 6 rings (SSSR count). The summed E-state index contributed by atoms with van der Waals surface area (Å²) in [4.78, 5) is 2.40. The molecule has 0 aromatic heterocycles. The first-order valence-corrected chi connectivity index (χ1v) is 12.3. The number of anilines is 1. The van der Waals surface area contributed by atoms with Crippen LogP contribution in [0, 0.1) is 23.1 Å². The first-order chi connectivity index (χ1) is 16.7. The molecule has 2 N–H and O–H groups in total. The number of hydrogen-bond donors (Lipinski definition) is 2. The molecular formula is C27H30FN5O. The van der Waals surface area contributed by atoms with Crippen molar-refractivity contribution in [2.75, 3.05) is 44.2 Å². The molecule has 0 bridgehead atoms. The van der Waals surface area contributed by atoms with Crippen LogP contribution in [0.2, 0.25) is 0 Å². The van der Waals surface area contributed by atoms with E-state index >= 15 is 0 Å². The second-order valence-electron chi connectivity index (χ2n) is 9.78. The third-order valence-electron chi connectivity index (χ3n) is 7.37. The number of piperazine rings is 1. The predicted octanol–water partition coefficient (Wildman–Crippen LogP) is 3.20. The van der Waals surface area contributed by atoms with E-state index in [9.17, 15) is 9.65 Å². The maximum atomic E-state index is 14.6. The Bertz CT molecular complexity index is 1150. The van der Waals surface area contributed by atoms with Crippen molar-refractivity contribution in [3.8, 4) is 17.2 Å². The average molecular weight is 460 g/mol. The van der Waals surface area contributed by atoms with Gasteiger partial charge in [0.1, 0.15) is 11.9 Å². The van der Waals surface area contributed by atoms with Gasteiger partial charge in [0.25, 0.3) is 0 Å². The molecular weight excluding hydrogens is 429 g/mol. The highest BCUT2D eigenvalue weighted by Gasteiger charge is 2.37. The quantitative estimate of drug-likeness (QED) is 0.716. The summed E-state index contributed by atoms with van der Waals surface area (Å²) >= 11 is 0. The molecule has 176 valence electrons. The van der Waals surface area contributed by atoms with Gasteiger partial charge in [-0.1, -0.05) is 12.1 Å². The summed E-state index contributed by atoms with van der Waals surface area (Å²) in [5, 5.41) is 14.9. The minimum Gasteiger partial charge on any atom is -0.375 e. The largest absolute Gasteiger partial charge is 0.375 e. The number of rotatable bonds is 5. The van der Waals surface area contributed by atoms with Gasteiger partial charge in [-0.3, -0.25) is 0 Å². The third-order valence-corrected chi connectivity index (χ3v) is 7.37. The summed E-state index contributed by atoms with van der Waals surface area (Å²) in [6.07, 6.45) is 5.98. The minimum absolute atomic E-state index is 0.0741. The van der Waals surface area contributed by atoms with Gasteiger partial charge >= 0.3 is 0 Å². The van der Waals surface area contributed by atoms with Crippen LogP contribution >= 0.6 is 0 Å². The molecule has 0 spiro atoms. The molecule has 2 aromatic carbocycles. The Kier molecular flexibility index (Phi) is 5.74. The van der Waals surface area contributed by atoms with Gasteiger partial charge in [0.15, 0.2) is 0 Å². The van der Waals surface area contributed by atoms with E-state index < -0.39 is 5.82 Å². The summed E-state index contributed by atoms with van der Waals surface area (Å²) in [6, 6.07) is 13.9. The van der Waals surface area contributed by atoms with E-state index in [1.54, 1.807) is 6.07 Å². The molecule has 3 fully saturated rings. The zero-order chi connectivity index (χ0) is 23.1. The van der Waals surface area contributed by atoms with Crippen molar-refractivity contribution >= 4 is 5.69 Å². The summed E-state index contributed by atoms with van der Waals surface area (Å²) in [5.74, 6) is 0.301. The lowest BCUT2D eigenvalue weighted by Gasteiger charge is -2.38. The maximum absolute atomic E-state index is 14.6. The van der Waals surface area contributed by atoms with Crippen molar-refractivity contribution in [1.82, 2.24) is 15.8 Å². The lowest BCUT2D eigenvalue weighted by atomic mass is 9.96. The number of morpholine rings is 1. The molecule has 2 atom stereocenters. The van der Waals surface area contributed by atoms with Crippen LogP contribution in [0.15, 0.2) is 48.2 Å². The van der Waals surface area contributed by atoms with E-state index in [0.717, 1.165) is 68.5 Å². The number of halogens is 1. The summed E-state index contributed by atoms with van der Waals surface area (Å²) in [6.45, 7) is 5.10. The Morgan fingerprint density at radius 2 is 2.06 bits per heavy atom. The van der Waals surface area contributed by atoms with E-state index in [1.165, 1.54) is 30.2 Å². The molecule has 2 unspecified atom stereocenters. The Morgan fingerprint density at radius 1 is 1.15 bits per heavy atom. The second-order valence-corrected chi connectivity index (χ2v) is 9.78. The van der Waals surface area contributed by atoms with Crippen LogP contribution in [0.1, 0.15) is 24.0 Å². The molecule has 34 heavy (non-hydrogen) atoms. The number of benzene rings is 2.